The predicted octanol–water partition coefficient (Wildman–Crippen LogP) is 1.62. The van der Waals surface area contributed by atoms with E-state index in [1.54, 1.807) is 9.58 Å². The highest BCUT2D eigenvalue weighted by Crippen LogP contribution is 2.40. The van der Waals surface area contributed by atoms with E-state index in [2.05, 4.69) is 5.10 Å². The highest BCUT2D eigenvalue weighted by molar-refractivity contribution is 5.93. The number of amides is 1. The molecule has 2 heterocycles. The number of carboxylic acid groups (broad SMARTS) is 1. The Bertz CT molecular complexity index is 577. The fourth-order valence-electron chi connectivity index (χ4n) is 3.09. The molecule has 1 amide bonds. The van der Waals surface area contributed by atoms with Gasteiger partial charge in [-0.2, -0.15) is 5.10 Å². The normalized spacial score (nSPS) is 25.9. The van der Waals surface area contributed by atoms with Crippen LogP contribution in [0.4, 0.5) is 0 Å². The number of likely N-dealkylation sites (tertiary alicyclic amines) is 1. The first-order valence-corrected chi connectivity index (χ1v) is 7.55. The summed E-state index contributed by atoms with van der Waals surface area (Å²) in [5.74, 6) is -0.887. The van der Waals surface area contributed by atoms with Gasteiger partial charge < -0.3 is 10.0 Å². The first-order valence-electron chi connectivity index (χ1n) is 7.55. The molecule has 2 unspecified atom stereocenters. The molecule has 2 atom stereocenters. The van der Waals surface area contributed by atoms with E-state index in [0.29, 0.717) is 18.0 Å². The zero-order valence-corrected chi connectivity index (χ0v) is 12.5. The Kier molecular flexibility index (Phi) is 3.47. The molecule has 0 spiro atoms. The Labute approximate surface area is 123 Å². The van der Waals surface area contributed by atoms with Crippen LogP contribution in [0.2, 0.25) is 0 Å². The Morgan fingerprint density at radius 3 is 2.62 bits per heavy atom. The molecule has 1 aromatic rings. The van der Waals surface area contributed by atoms with Gasteiger partial charge in [0.2, 0.25) is 0 Å². The van der Waals surface area contributed by atoms with E-state index in [1.165, 1.54) is 0 Å². The molecule has 1 N–H and O–H groups in total. The van der Waals surface area contributed by atoms with E-state index >= 15 is 0 Å². The van der Waals surface area contributed by atoms with Crippen LogP contribution in [-0.4, -0.2) is 44.3 Å². The summed E-state index contributed by atoms with van der Waals surface area (Å²) >= 11 is 0. The molecule has 21 heavy (non-hydrogen) atoms. The molecular formula is C15H21N3O3. The highest BCUT2D eigenvalue weighted by atomic mass is 16.4. The van der Waals surface area contributed by atoms with Gasteiger partial charge in [-0.3, -0.25) is 14.3 Å². The number of aryl methyl sites for hydroxylation is 1. The van der Waals surface area contributed by atoms with Crippen molar-refractivity contribution in [3.05, 3.63) is 17.5 Å². The van der Waals surface area contributed by atoms with Crippen molar-refractivity contribution in [1.82, 2.24) is 14.7 Å². The van der Waals surface area contributed by atoms with E-state index in [9.17, 15) is 9.59 Å². The Hall–Kier alpha value is -1.85. The lowest BCUT2D eigenvalue weighted by atomic mass is 9.93. The first-order chi connectivity index (χ1) is 9.97. The molecule has 3 rings (SSSR count). The van der Waals surface area contributed by atoms with E-state index in [4.69, 9.17) is 5.11 Å². The average molecular weight is 291 g/mol. The number of aliphatic carboxylic acids is 1. The highest BCUT2D eigenvalue weighted by Gasteiger charge is 2.35. The van der Waals surface area contributed by atoms with Crippen LogP contribution in [0.25, 0.3) is 0 Å². The second-order valence-electron chi connectivity index (χ2n) is 6.27. The van der Waals surface area contributed by atoms with Gasteiger partial charge >= 0.3 is 5.97 Å². The number of carbonyl (C=O) groups excluding carboxylic acids is 1. The van der Waals surface area contributed by atoms with Gasteiger partial charge in [0.25, 0.3) is 5.91 Å². The summed E-state index contributed by atoms with van der Waals surface area (Å²) in [4.78, 5) is 25.5. The quantitative estimate of drug-likeness (QED) is 0.918. The number of rotatable bonds is 3. The first kappa shape index (κ1) is 14.1. The Morgan fingerprint density at radius 2 is 2.00 bits per heavy atom. The molecule has 1 saturated carbocycles. The van der Waals surface area contributed by atoms with Crippen molar-refractivity contribution < 1.29 is 14.7 Å². The lowest BCUT2D eigenvalue weighted by Crippen LogP contribution is -2.47. The Balaban J connectivity index is 1.79. The SMILES string of the molecule is CC1CCC(C(=O)O)CN1C(=O)c1cc(C2CC2)n(C)n1. The topological polar surface area (TPSA) is 75.4 Å². The molecule has 0 radical (unpaired) electrons. The number of aromatic nitrogens is 2. The molecule has 114 valence electrons. The van der Waals surface area contributed by atoms with Gasteiger partial charge in [0.1, 0.15) is 0 Å². The third kappa shape index (κ3) is 2.66. The molecule has 2 fully saturated rings. The molecule has 1 saturated heterocycles. The lowest BCUT2D eigenvalue weighted by Gasteiger charge is -2.36. The lowest BCUT2D eigenvalue weighted by molar-refractivity contribution is -0.143. The number of carbonyl (C=O) groups is 2. The second kappa shape index (κ2) is 5.16. The van der Waals surface area contributed by atoms with Gasteiger partial charge in [-0.25, -0.2) is 0 Å². The van der Waals surface area contributed by atoms with Crippen molar-refractivity contribution in [2.75, 3.05) is 6.54 Å². The number of hydrogen-bond donors (Lipinski definition) is 1. The van der Waals surface area contributed by atoms with E-state index in [-0.39, 0.29) is 18.5 Å². The maximum absolute atomic E-state index is 12.6. The minimum atomic E-state index is -0.820. The maximum Gasteiger partial charge on any atom is 0.308 e. The molecule has 0 bridgehead atoms. The van der Waals surface area contributed by atoms with Gasteiger partial charge in [0.15, 0.2) is 5.69 Å². The van der Waals surface area contributed by atoms with Crippen LogP contribution in [-0.2, 0) is 11.8 Å². The smallest absolute Gasteiger partial charge is 0.308 e. The number of carboxylic acids is 1. The molecule has 2 aliphatic rings. The molecule has 1 aliphatic heterocycles. The summed E-state index contributed by atoms with van der Waals surface area (Å²) in [6, 6.07) is 1.94. The minimum Gasteiger partial charge on any atom is -0.481 e. The molecule has 0 aromatic carbocycles. The van der Waals surface area contributed by atoms with Gasteiger partial charge in [-0.15, -0.1) is 0 Å². The van der Waals surface area contributed by atoms with Crippen LogP contribution in [0.5, 0.6) is 0 Å². The number of hydrogen-bond acceptors (Lipinski definition) is 3. The summed E-state index contributed by atoms with van der Waals surface area (Å²) in [6.07, 6.45) is 3.68. The van der Waals surface area contributed by atoms with E-state index in [1.807, 2.05) is 20.0 Å². The van der Waals surface area contributed by atoms with Gasteiger partial charge in [0, 0.05) is 31.2 Å². The van der Waals surface area contributed by atoms with Gasteiger partial charge in [-0.05, 0) is 38.7 Å². The second-order valence-corrected chi connectivity index (χ2v) is 6.27. The molecular weight excluding hydrogens is 270 g/mol. The van der Waals surface area contributed by atoms with E-state index < -0.39 is 11.9 Å². The summed E-state index contributed by atoms with van der Waals surface area (Å²) < 4.78 is 1.79. The zero-order chi connectivity index (χ0) is 15.1. The monoisotopic (exact) mass is 291 g/mol. The molecule has 6 nitrogen and oxygen atoms in total. The largest absolute Gasteiger partial charge is 0.481 e. The Morgan fingerprint density at radius 1 is 1.29 bits per heavy atom. The van der Waals surface area contributed by atoms with Crippen molar-refractivity contribution in [1.29, 1.82) is 0 Å². The summed E-state index contributed by atoms with van der Waals surface area (Å²) in [6.45, 7) is 2.26. The maximum atomic E-state index is 12.6. The molecule has 6 heteroatoms. The summed E-state index contributed by atoms with van der Waals surface area (Å²) in [5.41, 5.74) is 1.55. The zero-order valence-electron chi connectivity index (χ0n) is 12.5. The van der Waals surface area contributed by atoms with Crippen LogP contribution in [0.1, 0.15) is 54.7 Å². The van der Waals surface area contributed by atoms with Crippen molar-refractivity contribution in [3.63, 3.8) is 0 Å². The third-order valence-electron chi connectivity index (χ3n) is 4.62. The average Bonchev–Trinajstić information content (AvgIpc) is 3.21. The van der Waals surface area contributed by atoms with Crippen LogP contribution in [0.3, 0.4) is 0 Å². The van der Waals surface area contributed by atoms with Gasteiger partial charge in [-0.1, -0.05) is 0 Å². The fourth-order valence-corrected chi connectivity index (χ4v) is 3.09. The van der Waals surface area contributed by atoms with Crippen LogP contribution < -0.4 is 0 Å². The number of nitrogens with zero attached hydrogens (tertiary/aromatic N) is 3. The van der Waals surface area contributed by atoms with Crippen molar-refractivity contribution in [2.24, 2.45) is 13.0 Å². The summed E-state index contributed by atoms with van der Waals surface area (Å²) in [7, 11) is 1.87. The molecule has 1 aliphatic carbocycles. The summed E-state index contributed by atoms with van der Waals surface area (Å²) in [5, 5.41) is 13.5. The standard InChI is InChI=1S/C15H21N3O3/c1-9-3-4-11(15(20)21)8-18(9)14(19)12-7-13(10-5-6-10)17(2)16-12/h7,9-11H,3-6,8H2,1-2H3,(H,20,21). The van der Waals surface area contributed by atoms with Crippen molar-refractivity contribution in [2.45, 2.75) is 44.6 Å². The fraction of sp³-hybridized carbons (Fsp3) is 0.667. The molecule has 1 aromatic heterocycles. The predicted molar refractivity (Wildman–Crippen MR) is 76.0 cm³/mol. The van der Waals surface area contributed by atoms with Crippen LogP contribution in [0.15, 0.2) is 6.07 Å². The number of piperidine rings is 1. The van der Waals surface area contributed by atoms with Gasteiger partial charge in [0.05, 0.1) is 5.92 Å². The third-order valence-corrected chi connectivity index (χ3v) is 4.62. The minimum absolute atomic E-state index is 0.0690. The van der Waals surface area contributed by atoms with E-state index in [0.717, 1.165) is 25.0 Å². The van der Waals surface area contributed by atoms with Crippen molar-refractivity contribution >= 4 is 11.9 Å². The van der Waals surface area contributed by atoms with Crippen LogP contribution >= 0.6 is 0 Å². The van der Waals surface area contributed by atoms with Crippen LogP contribution in [0, 0.1) is 5.92 Å². The van der Waals surface area contributed by atoms with Crippen molar-refractivity contribution in [3.8, 4) is 0 Å².